The van der Waals surface area contributed by atoms with Gasteiger partial charge in [-0.25, -0.2) is 14.2 Å². The molecule has 10 heteroatoms. The Morgan fingerprint density at radius 3 is 2.42 bits per heavy atom. The molecule has 0 spiro atoms. The number of likely N-dealkylation sites (N-methyl/N-ethyl adjacent to an activating group) is 1. The molecule has 0 aromatic heterocycles. The van der Waals surface area contributed by atoms with E-state index in [2.05, 4.69) is 4.99 Å². The van der Waals surface area contributed by atoms with Crippen LogP contribution in [0.2, 0.25) is 10.0 Å². The highest BCUT2D eigenvalue weighted by molar-refractivity contribution is 8.18. The number of carbonyl (C=O) groups is 2. The van der Waals surface area contributed by atoms with Gasteiger partial charge < -0.3 is 9.84 Å². The highest BCUT2D eigenvalue weighted by Gasteiger charge is 2.32. The molecule has 1 aliphatic heterocycles. The van der Waals surface area contributed by atoms with Crippen LogP contribution in [0.15, 0.2) is 70.6 Å². The number of carboxylic acids is 1. The second-order valence-corrected chi connectivity index (χ2v) is 9.42. The number of amides is 1. The highest BCUT2D eigenvalue weighted by atomic mass is 35.5. The highest BCUT2D eigenvalue weighted by Crippen LogP contribution is 2.38. The van der Waals surface area contributed by atoms with Crippen LogP contribution >= 0.6 is 35.0 Å². The molecule has 4 rings (SSSR count). The number of thioether (sulfide) groups is 1. The molecule has 6 nitrogen and oxygen atoms in total. The normalized spacial score (nSPS) is 15.7. The fraction of sp³-hybridized carbons (Fsp3) is 0.115. The first-order chi connectivity index (χ1) is 17.3. The molecular formula is C26H19Cl2FN2O4S. The maximum atomic E-state index is 13.9. The summed E-state index contributed by atoms with van der Waals surface area (Å²) in [5.74, 6) is -1.42. The van der Waals surface area contributed by atoms with Crippen molar-refractivity contribution in [1.82, 2.24) is 4.90 Å². The number of aliphatic imine (C=N–C) groups is 1. The third kappa shape index (κ3) is 5.73. The number of amidine groups is 1. The van der Waals surface area contributed by atoms with E-state index in [4.69, 9.17) is 33.0 Å². The van der Waals surface area contributed by atoms with Crippen LogP contribution < -0.4 is 4.74 Å². The average Bonchev–Trinajstić information content (AvgIpc) is 3.13. The van der Waals surface area contributed by atoms with Crippen LogP contribution in [0.25, 0.3) is 6.08 Å². The summed E-state index contributed by atoms with van der Waals surface area (Å²) in [6, 6.07) is 15.5. The number of aromatic carboxylic acids is 1. The smallest absolute Gasteiger partial charge is 0.335 e. The Labute approximate surface area is 221 Å². The van der Waals surface area contributed by atoms with Crippen LogP contribution in [0, 0.1) is 5.82 Å². The van der Waals surface area contributed by atoms with Gasteiger partial charge in [-0.15, -0.1) is 0 Å². The summed E-state index contributed by atoms with van der Waals surface area (Å²) >= 11 is 14.0. The summed E-state index contributed by atoms with van der Waals surface area (Å²) in [6.07, 6.45) is 1.66. The lowest BCUT2D eigenvalue weighted by Crippen LogP contribution is -2.28. The van der Waals surface area contributed by atoms with Gasteiger partial charge in [-0.1, -0.05) is 41.4 Å². The molecule has 0 saturated carbocycles. The van der Waals surface area contributed by atoms with E-state index in [1.54, 1.807) is 48.5 Å². The number of carboxylic acid groups (broad SMARTS) is 1. The minimum absolute atomic E-state index is 0.0420. The zero-order valence-electron chi connectivity index (χ0n) is 18.9. The molecule has 1 fully saturated rings. The number of hydrogen-bond acceptors (Lipinski definition) is 5. The van der Waals surface area contributed by atoms with Crippen molar-refractivity contribution in [3.05, 3.63) is 98.1 Å². The van der Waals surface area contributed by atoms with Gasteiger partial charge in [-0.05, 0) is 72.8 Å². The maximum Gasteiger partial charge on any atom is 0.335 e. The van der Waals surface area contributed by atoms with Gasteiger partial charge in [0, 0.05) is 12.1 Å². The Morgan fingerprint density at radius 2 is 1.81 bits per heavy atom. The molecule has 36 heavy (non-hydrogen) atoms. The molecule has 0 unspecified atom stereocenters. The first-order valence-corrected chi connectivity index (χ1v) is 12.3. The molecule has 1 N–H and O–H groups in total. The van der Waals surface area contributed by atoms with Gasteiger partial charge in [0.2, 0.25) is 0 Å². The van der Waals surface area contributed by atoms with Crippen molar-refractivity contribution in [2.45, 2.75) is 13.5 Å². The van der Waals surface area contributed by atoms with Gasteiger partial charge in [0.05, 0.1) is 26.2 Å². The Kier molecular flexibility index (Phi) is 7.98. The van der Waals surface area contributed by atoms with Crippen LogP contribution in [0.3, 0.4) is 0 Å². The second kappa shape index (κ2) is 11.2. The molecule has 0 atom stereocenters. The van der Waals surface area contributed by atoms with Crippen molar-refractivity contribution in [3.63, 3.8) is 0 Å². The second-order valence-electron chi connectivity index (χ2n) is 7.60. The van der Waals surface area contributed by atoms with Gasteiger partial charge in [0.25, 0.3) is 5.91 Å². The summed E-state index contributed by atoms with van der Waals surface area (Å²) in [7, 11) is 0. The van der Waals surface area contributed by atoms with E-state index < -0.39 is 11.8 Å². The zero-order valence-corrected chi connectivity index (χ0v) is 21.2. The predicted octanol–water partition coefficient (Wildman–Crippen LogP) is 7.03. The van der Waals surface area contributed by atoms with Crippen LogP contribution in [0.1, 0.15) is 28.4 Å². The third-order valence-corrected chi connectivity index (χ3v) is 6.76. The summed E-state index contributed by atoms with van der Waals surface area (Å²) in [4.78, 5) is 30.5. The van der Waals surface area contributed by atoms with Gasteiger partial charge in [-0.2, -0.15) is 0 Å². The third-order valence-electron chi connectivity index (χ3n) is 5.19. The summed E-state index contributed by atoms with van der Waals surface area (Å²) in [5, 5.41) is 9.97. The van der Waals surface area contributed by atoms with Crippen molar-refractivity contribution in [3.8, 4) is 5.75 Å². The number of hydrogen-bond donors (Lipinski definition) is 1. The molecule has 3 aromatic rings. The topological polar surface area (TPSA) is 79.2 Å². The lowest BCUT2D eigenvalue weighted by atomic mass is 10.2. The van der Waals surface area contributed by atoms with Crippen LogP contribution in [-0.4, -0.2) is 33.6 Å². The fourth-order valence-electron chi connectivity index (χ4n) is 3.38. The molecule has 184 valence electrons. The molecular weight excluding hydrogens is 526 g/mol. The van der Waals surface area contributed by atoms with Gasteiger partial charge in [0.1, 0.15) is 12.4 Å². The van der Waals surface area contributed by atoms with E-state index in [0.717, 1.165) is 0 Å². The summed E-state index contributed by atoms with van der Waals surface area (Å²) in [5.41, 5.74) is 1.63. The van der Waals surface area contributed by atoms with Crippen LogP contribution in [0.4, 0.5) is 10.1 Å². The molecule has 0 aliphatic carbocycles. The van der Waals surface area contributed by atoms with E-state index in [1.807, 2.05) is 6.92 Å². The largest absolute Gasteiger partial charge is 0.486 e. The van der Waals surface area contributed by atoms with E-state index >= 15 is 0 Å². The number of ether oxygens (including phenoxy) is 1. The molecule has 0 bridgehead atoms. The van der Waals surface area contributed by atoms with Crippen LogP contribution in [0.5, 0.6) is 5.75 Å². The number of rotatable bonds is 7. The Bertz CT molecular complexity index is 1370. The molecule has 1 heterocycles. The van der Waals surface area contributed by atoms with Crippen molar-refractivity contribution < 1.29 is 23.8 Å². The minimum atomic E-state index is -1.03. The SMILES string of the molecule is CCN1C(=O)/C(=C/c2cc(Cl)c(OCc3ccccc3F)c(Cl)c2)SC1=Nc1ccc(C(=O)O)cc1. The van der Waals surface area contributed by atoms with Crippen molar-refractivity contribution in [1.29, 1.82) is 0 Å². The molecule has 1 aliphatic rings. The van der Waals surface area contributed by atoms with Crippen LogP contribution in [-0.2, 0) is 11.4 Å². The van der Waals surface area contributed by atoms with Crippen molar-refractivity contribution >= 4 is 63.8 Å². The zero-order chi connectivity index (χ0) is 25.8. The molecule has 0 radical (unpaired) electrons. The molecule has 1 saturated heterocycles. The predicted molar refractivity (Wildman–Crippen MR) is 141 cm³/mol. The Morgan fingerprint density at radius 1 is 1.14 bits per heavy atom. The first-order valence-electron chi connectivity index (χ1n) is 10.8. The number of benzene rings is 3. The lowest BCUT2D eigenvalue weighted by molar-refractivity contribution is -0.122. The average molecular weight is 545 g/mol. The number of carbonyl (C=O) groups excluding carboxylic acids is 1. The minimum Gasteiger partial charge on any atom is -0.486 e. The first kappa shape index (κ1) is 25.8. The van der Waals surface area contributed by atoms with Crippen molar-refractivity contribution in [2.24, 2.45) is 4.99 Å². The summed E-state index contributed by atoms with van der Waals surface area (Å²) < 4.78 is 19.5. The molecule has 1 amide bonds. The van der Waals surface area contributed by atoms with Crippen molar-refractivity contribution in [2.75, 3.05) is 6.54 Å². The number of nitrogens with zero attached hydrogens (tertiary/aromatic N) is 2. The monoisotopic (exact) mass is 544 g/mol. The summed E-state index contributed by atoms with van der Waals surface area (Å²) in [6.45, 7) is 2.19. The number of halogens is 3. The quantitative estimate of drug-likeness (QED) is 0.323. The fourth-order valence-corrected chi connectivity index (χ4v) is 5.05. The van der Waals surface area contributed by atoms with Gasteiger partial charge in [0.15, 0.2) is 10.9 Å². The lowest BCUT2D eigenvalue weighted by Gasteiger charge is -2.12. The Hall–Kier alpha value is -3.33. The van der Waals surface area contributed by atoms with E-state index in [9.17, 15) is 14.0 Å². The van der Waals surface area contributed by atoms with E-state index in [1.165, 1.54) is 34.9 Å². The molecule has 3 aromatic carbocycles. The van der Waals surface area contributed by atoms with Gasteiger partial charge in [-0.3, -0.25) is 9.69 Å². The van der Waals surface area contributed by atoms with Gasteiger partial charge >= 0.3 is 5.97 Å². The Balaban J connectivity index is 1.55. The maximum absolute atomic E-state index is 13.9. The van der Waals surface area contributed by atoms with E-state index in [-0.39, 0.29) is 33.9 Å². The standard InChI is InChI=1S/C26H19Cl2FN2O4S/c1-2-31-24(32)22(36-26(31)30-18-9-7-16(8-10-18)25(33)34)13-15-11-19(27)23(20(28)12-15)35-14-17-5-3-4-6-21(17)29/h3-13H,2,14H2,1H3,(H,33,34)/b22-13-,30-26?. The van der Waals surface area contributed by atoms with E-state index in [0.29, 0.717) is 33.4 Å².